The summed E-state index contributed by atoms with van der Waals surface area (Å²) in [5, 5.41) is 3.05. The second kappa shape index (κ2) is 6.44. The Morgan fingerprint density at radius 1 is 0.923 bits per heavy atom. The molecule has 0 saturated carbocycles. The van der Waals surface area contributed by atoms with E-state index in [9.17, 15) is 9.59 Å². The zero-order valence-electron chi connectivity index (χ0n) is 14.1. The van der Waals surface area contributed by atoms with Crippen molar-refractivity contribution in [1.82, 2.24) is 10.3 Å². The first-order valence-corrected chi connectivity index (χ1v) is 8.22. The Morgan fingerprint density at radius 3 is 2.08 bits per heavy atom. The second-order valence-corrected chi connectivity index (χ2v) is 6.00. The summed E-state index contributed by atoms with van der Waals surface area (Å²) in [6.07, 6.45) is 1.34. The lowest BCUT2D eigenvalue weighted by Crippen LogP contribution is -2.28. The number of methoxy groups -OCH3 is 1. The molecule has 1 amide bonds. The van der Waals surface area contributed by atoms with Crippen LogP contribution in [0.15, 0.2) is 66.9 Å². The molecule has 1 aromatic heterocycles. The maximum Gasteiger partial charge on any atom is 0.339 e. The number of carbonyl (C=O) groups excluding carboxylic acids is 2. The minimum Gasteiger partial charge on any atom is -0.465 e. The summed E-state index contributed by atoms with van der Waals surface area (Å²) in [6.45, 7) is 0. The molecule has 0 spiro atoms. The lowest BCUT2D eigenvalue weighted by Gasteiger charge is -2.15. The maximum absolute atomic E-state index is 12.7. The van der Waals surface area contributed by atoms with Gasteiger partial charge in [0.25, 0.3) is 5.91 Å². The van der Waals surface area contributed by atoms with Crippen LogP contribution < -0.4 is 5.32 Å². The zero-order chi connectivity index (χ0) is 18.1. The van der Waals surface area contributed by atoms with Crippen molar-refractivity contribution >= 4 is 11.9 Å². The summed E-state index contributed by atoms with van der Waals surface area (Å²) >= 11 is 0. The molecule has 1 N–H and O–H groups in total. The van der Waals surface area contributed by atoms with Crippen LogP contribution in [0.1, 0.15) is 38.0 Å². The topological polar surface area (TPSA) is 68.3 Å². The molecule has 0 aliphatic heterocycles. The van der Waals surface area contributed by atoms with Crippen molar-refractivity contribution in [2.24, 2.45) is 0 Å². The van der Waals surface area contributed by atoms with E-state index in [2.05, 4.69) is 27.2 Å². The van der Waals surface area contributed by atoms with E-state index in [4.69, 9.17) is 0 Å². The summed E-state index contributed by atoms with van der Waals surface area (Å²) in [5.74, 6) is -0.777. The molecule has 1 heterocycles. The second-order valence-electron chi connectivity index (χ2n) is 6.00. The highest BCUT2D eigenvalue weighted by Crippen LogP contribution is 2.43. The number of esters is 1. The number of fused-ring (bicyclic) bond motifs is 3. The Morgan fingerprint density at radius 2 is 1.54 bits per heavy atom. The van der Waals surface area contributed by atoms with E-state index in [1.807, 2.05) is 36.4 Å². The highest BCUT2D eigenvalue weighted by molar-refractivity contribution is 5.95. The molecular weight excluding hydrogens is 328 g/mol. The summed E-state index contributed by atoms with van der Waals surface area (Å²) in [7, 11) is 1.30. The molecule has 1 aliphatic rings. The molecular formula is C21H16N2O3. The fraction of sp³-hybridized carbons (Fsp3) is 0.0952. The van der Waals surface area contributed by atoms with E-state index >= 15 is 0 Å². The van der Waals surface area contributed by atoms with Crippen molar-refractivity contribution < 1.29 is 14.3 Å². The number of aromatic nitrogens is 1. The molecule has 2 aromatic carbocycles. The largest absolute Gasteiger partial charge is 0.465 e. The maximum atomic E-state index is 12.7. The van der Waals surface area contributed by atoms with E-state index in [-0.39, 0.29) is 17.6 Å². The molecule has 26 heavy (non-hydrogen) atoms. The monoisotopic (exact) mass is 344 g/mol. The van der Waals surface area contributed by atoms with Gasteiger partial charge in [-0.25, -0.2) is 4.79 Å². The zero-order valence-corrected chi connectivity index (χ0v) is 14.1. The Bertz CT molecular complexity index is 951. The summed E-state index contributed by atoms with van der Waals surface area (Å²) < 4.78 is 4.64. The number of rotatable bonds is 3. The van der Waals surface area contributed by atoms with E-state index in [0.29, 0.717) is 5.56 Å². The lowest BCUT2D eigenvalue weighted by atomic mass is 10.1. The standard InChI is InChI=1S/C21H16N2O3/c1-26-21(25)13-10-11-18(22-12-13)20(24)23-19-16-8-4-2-6-14(16)15-7-3-5-9-17(15)19/h2-12,19H,1H3,(H,23,24). The normalized spacial score (nSPS) is 12.2. The third-order valence-electron chi connectivity index (χ3n) is 4.53. The Balaban J connectivity index is 1.63. The minimum atomic E-state index is -0.483. The van der Waals surface area contributed by atoms with Crippen molar-refractivity contribution in [2.75, 3.05) is 7.11 Å². The fourth-order valence-corrected chi connectivity index (χ4v) is 3.28. The summed E-state index contributed by atoms with van der Waals surface area (Å²) in [6, 6.07) is 18.9. The lowest BCUT2D eigenvalue weighted by molar-refractivity contribution is 0.0599. The average molecular weight is 344 g/mol. The van der Waals surface area contributed by atoms with Gasteiger partial charge >= 0.3 is 5.97 Å². The van der Waals surface area contributed by atoms with Crippen molar-refractivity contribution in [1.29, 1.82) is 0 Å². The van der Waals surface area contributed by atoms with Crippen molar-refractivity contribution in [3.8, 4) is 11.1 Å². The van der Waals surface area contributed by atoms with Crippen LogP contribution in [0, 0.1) is 0 Å². The van der Waals surface area contributed by atoms with Gasteiger partial charge in [0.1, 0.15) is 5.69 Å². The molecule has 128 valence electrons. The quantitative estimate of drug-likeness (QED) is 0.740. The number of benzene rings is 2. The number of carbonyl (C=O) groups is 2. The van der Waals surface area contributed by atoms with Gasteiger partial charge in [-0.1, -0.05) is 48.5 Å². The number of nitrogens with one attached hydrogen (secondary N) is 1. The van der Waals surface area contributed by atoms with Gasteiger partial charge in [0.15, 0.2) is 0 Å². The molecule has 0 bridgehead atoms. The average Bonchev–Trinajstić information content (AvgIpc) is 3.01. The number of pyridine rings is 1. The number of nitrogens with zero attached hydrogens (tertiary/aromatic N) is 1. The Hall–Kier alpha value is -3.47. The van der Waals surface area contributed by atoms with Crippen LogP contribution in [-0.4, -0.2) is 24.0 Å². The number of hydrogen-bond donors (Lipinski definition) is 1. The van der Waals surface area contributed by atoms with Crippen molar-refractivity contribution in [3.05, 3.63) is 89.2 Å². The van der Waals surface area contributed by atoms with Gasteiger partial charge in [-0.15, -0.1) is 0 Å². The van der Waals surface area contributed by atoms with E-state index < -0.39 is 5.97 Å². The third-order valence-corrected chi connectivity index (χ3v) is 4.53. The van der Waals surface area contributed by atoms with Gasteiger partial charge < -0.3 is 10.1 Å². The van der Waals surface area contributed by atoms with Gasteiger partial charge in [0.2, 0.25) is 0 Å². The Kier molecular flexibility index (Phi) is 3.97. The van der Waals surface area contributed by atoms with E-state index in [0.717, 1.165) is 22.3 Å². The van der Waals surface area contributed by atoms with Crippen LogP contribution in [0.25, 0.3) is 11.1 Å². The first-order valence-electron chi connectivity index (χ1n) is 8.22. The molecule has 4 rings (SSSR count). The van der Waals surface area contributed by atoms with Crippen LogP contribution in [0.2, 0.25) is 0 Å². The van der Waals surface area contributed by atoms with Crippen LogP contribution in [0.3, 0.4) is 0 Å². The van der Waals surface area contributed by atoms with Gasteiger partial charge in [-0.05, 0) is 34.4 Å². The first-order chi connectivity index (χ1) is 12.7. The fourth-order valence-electron chi connectivity index (χ4n) is 3.28. The SMILES string of the molecule is COC(=O)c1ccc(C(=O)NC2c3ccccc3-c3ccccc32)nc1. The molecule has 0 radical (unpaired) electrons. The van der Waals surface area contributed by atoms with Gasteiger partial charge in [0.05, 0.1) is 18.7 Å². The highest BCUT2D eigenvalue weighted by atomic mass is 16.5. The molecule has 3 aromatic rings. The molecule has 0 saturated heterocycles. The summed E-state index contributed by atoms with van der Waals surface area (Å²) in [4.78, 5) is 28.3. The van der Waals surface area contributed by atoms with Crippen molar-refractivity contribution in [3.63, 3.8) is 0 Å². The van der Waals surface area contributed by atoms with Crippen LogP contribution in [0.5, 0.6) is 0 Å². The predicted molar refractivity (Wildman–Crippen MR) is 96.8 cm³/mol. The van der Waals surface area contributed by atoms with Crippen LogP contribution in [-0.2, 0) is 4.74 Å². The van der Waals surface area contributed by atoms with Crippen molar-refractivity contribution in [2.45, 2.75) is 6.04 Å². The smallest absolute Gasteiger partial charge is 0.339 e. The molecule has 5 heteroatoms. The van der Waals surface area contributed by atoms with Crippen LogP contribution in [0.4, 0.5) is 0 Å². The first kappa shape index (κ1) is 16.0. The predicted octanol–water partition coefficient (Wildman–Crippen LogP) is 3.37. The summed E-state index contributed by atoms with van der Waals surface area (Å²) in [5.41, 5.74) is 4.94. The highest BCUT2D eigenvalue weighted by Gasteiger charge is 2.29. The van der Waals surface area contributed by atoms with Gasteiger partial charge in [0, 0.05) is 6.20 Å². The molecule has 0 fully saturated rings. The van der Waals surface area contributed by atoms with Crippen LogP contribution >= 0.6 is 0 Å². The van der Waals surface area contributed by atoms with Gasteiger partial charge in [-0.3, -0.25) is 9.78 Å². The van der Waals surface area contributed by atoms with E-state index in [1.54, 1.807) is 0 Å². The number of amides is 1. The van der Waals surface area contributed by atoms with E-state index in [1.165, 1.54) is 25.4 Å². The molecule has 5 nitrogen and oxygen atoms in total. The molecule has 0 unspecified atom stereocenters. The van der Waals surface area contributed by atoms with Gasteiger partial charge in [-0.2, -0.15) is 0 Å². The third kappa shape index (κ3) is 2.63. The molecule has 1 aliphatic carbocycles. The number of ether oxygens (including phenoxy) is 1. The minimum absolute atomic E-state index is 0.225. The molecule has 0 atom stereocenters. The number of hydrogen-bond acceptors (Lipinski definition) is 4. The Labute approximate surface area is 150 Å².